The molecule has 1 heterocycles. The molecule has 0 unspecified atom stereocenters. The van der Waals surface area contributed by atoms with E-state index in [1.165, 1.54) is 12.1 Å². The predicted octanol–water partition coefficient (Wildman–Crippen LogP) is 4.85. The highest BCUT2D eigenvalue weighted by molar-refractivity contribution is 7.89. The van der Waals surface area contributed by atoms with Crippen LogP contribution >= 0.6 is 37.7 Å². The Morgan fingerprint density at radius 3 is 2.23 bits per heavy atom. The number of hydrogen-bond donors (Lipinski definition) is 4. The minimum absolute atomic E-state index is 0. The van der Waals surface area contributed by atoms with Gasteiger partial charge in [-0.2, -0.15) is 25.3 Å². The van der Waals surface area contributed by atoms with Crippen molar-refractivity contribution in [3.05, 3.63) is 60.4 Å². The number of nitrogens with zero attached hydrogens (tertiary/aromatic N) is 2. The molecule has 0 radical (unpaired) electrons. The maximum atomic E-state index is 12.0. The van der Waals surface area contributed by atoms with E-state index >= 15 is 0 Å². The standard InChI is InChI=1S/C28H38N4O4S3.ClH/c29-39(34,35)24-14-12-22(13-15-24)27-25(36-31-28(27)23-9-5-4-6-10-23)11-7-2-1-3-8-17-32(18-20-38)21-26(33)30-16-19-37;/h4-6,9-10,12-15,37-38H,1-3,7-8,11,16-21H2,(H,30,33)(H2,29,34,35);1H. The van der Waals surface area contributed by atoms with E-state index in [1.54, 1.807) is 12.1 Å². The van der Waals surface area contributed by atoms with Crippen molar-refractivity contribution in [1.82, 2.24) is 15.4 Å². The fourth-order valence-corrected chi connectivity index (χ4v) is 5.32. The molecule has 8 nitrogen and oxygen atoms in total. The lowest BCUT2D eigenvalue weighted by atomic mass is 9.97. The molecule has 3 aromatic rings. The zero-order chi connectivity index (χ0) is 28.1. The van der Waals surface area contributed by atoms with Gasteiger partial charge in [0.2, 0.25) is 15.9 Å². The molecule has 40 heavy (non-hydrogen) atoms. The molecule has 0 saturated carbocycles. The number of sulfonamides is 1. The van der Waals surface area contributed by atoms with E-state index in [9.17, 15) is 13.2 Å². The van der Waals surface area contributed by atoms with Gasteiger partial charge >= 0.3 is 0 Å². The van der Waals surface area contributed by atoms with Crippen LogP contribution in [0.2, 0.25) is 0 Å². The molecule has 12 heteroatoms. The average molecular weight is 627 g/mol. The molecular formula is C28H39ClN4O4S3. The lowest BCUT2D eigenvalue weighted by Gasteiger charge is -2.20. The number of nitrogens with two attached hydrogens (primary N) is 1. The van der Waals surface area contributed by atoms with Crippen molar-refractivity contribution in [2.24, 2.45) is 5.14 Å². The van der Waals surface area contributed by atoms with Crippen LogP contribution in [0.3, 0.4) is 0 Å². The number of primary sulfonamides is 1. The summed E-state index contributed by atoms with van der Waals surface area (Å²) < 4.78 is 29.2. The summed E-state index contributed by atoms with van der Waals surface area (Å²) in [5, 5.41) is 12.5. The minimum Gasteiger partial charge on any atom is -0.360 e. The molecule has 0 atom stereocenters. The third-order valence-electron chi connectivity index (χ3n) is 6.38. The Morgan fingerprint density at radius 1 is 0.900 bits per heavy atom. The van der Waals surface area contributed by atoms with E-state index in [2.05, 4.69) is 40.6 Å². The molecule has 220 valence electrons. The zero-order valence-electron chi connectivity index (χ0n) is 22.5. The van der Waals surface area contributed by atoms with Crippen LogP contribution in [0.15, 0.2) is 64.0 Å². The fraction of sp³-hybridized carbons (Fsp3) is 0.429. The molecule has 0 aliphatic carbocycles. The summed E-state index contributed by atoms with van der Waals surface area (Å²) in [6.45, 7) is 2.63. The van der Waals surface area contributed by atoms with Gasteiger partial charge in [-0.05, 0) is 37.1 Å². The molecule has 0 bridgehead atoms. The Hall–Kier alpha value is -2.02. The van der Waals surface area contributed by atoms with Crippen LogP contribution in [0, 0.1) is 0 Å². The lowest BCUT2D eigenvalue weighted by Crippen LogP contribution is -2.39. The summed E-state index contributed by atoms with van der Waals surface area (Å²) in [5.74, 6) is 2.16. The van der Waals surface area contributed by atoms with Gasteiger partial charge in [0.05, 0.1) is 17.0 Å². The summed E-state index contributed by atoms with van der Waals surface area (Å²) >= 11 is 8.45. The molecule has 0 saturated heterocycles. The van der Waals surface area contributed by atoms with Gasteiger partial charge in [0, 0.05) is 36.6 Å². The zero-order valence-corrected chi connectivity index (χ0v) is 25.9. The van der Waals surface area contributed by atoms with Gasteiger partial charge in [-0.3, -0.25) is 9.69 Å². The van der Waals surface area contributed by atoms with Crippen LogP contribution in [0.4, 0.5) is 0 Å². The Balaban J connectivity index is 0.00000560. The molecular weight excluding hydrogens is 588 g/mol. The Kier molecular flexibility index (Phi) is 15.1. The largest absolute Gasteiger partial charge is 0.360 e. The number of carbonyl (C=O) groups is 1. The van der Waals surface area contributed by atoms with Crippen LogP contribution in [-0.4, -0.2) is 62.1 Å². The molecule has 3 N–H and O–H groups in total. The highest BCUT2D eigenvalue weighted by Gasteiger charge is 2.20. The number of hydrogen-bond acceptors (Lipinski definition) is 8. The van der Waals surface area contributed by atoms with Gasteiger partial charge in [-0.25, -0.2) is 13.6 Å². The maximum Gasteiger partial charge on any atom is 0.238 e. The first kappa shape index (κ1) is 34.2. The van der Waals surface area contributed by atoms with Gasteiger partial charge in [0.15, 0.2) is 0 Å². The van der Waals surface area contributed by atoms with Crippen molar-refractivity contribution in [3.63, 3.8) is 0 Å². The molecule has 0 aliphatic heterocycles. The number of halogens is 1. The van der Waals surface area contributed by atoms with E-state index in [0.717, 1.165) is 85.5 Å². The number of amides is 1. The van der Waals surface area contributed by atoms with Crippen LogP contribution in [0.25, 0.3) is 22.4 Å². The predicted molar refractivity (Wildman–Crippen MR) is 170 cm³/mol. The first-order valence-electron chi connectivity index (χ1n) is 13.2. The van der Waals surface area contributed by atoms with E-state index in [4.69, 9.17) is 9.66 Å². The molecule has 1 aromatic heterocycles. The number of carbonyl (C=O) groups excluding carboxylic acids is 1. The molecule has 2 aromatic carbocycles. The minimum atomic E-state index is -3.77. The van der Waals surface area contributed by atoms with Crippen LogP contribution < -0.4 is 10.5 Å². The van der Waals surface area contributed by atoms with Crippen LogP contribution in [0.1, 0.15) is 37.9 Å². The van der Waals surface area contributed by atoms with Gasteiger partial charge < -0.3 is 9.84 Å². The third-order valence-corrected chi connectivity index (χ3v) is 7.73. The lowest BCUT2D eigenvalue weighted by molar-refractivity contribution is -0.122. The summed E-state index contributed by atoms with van der Waals surface area (Å²) in [6, 6.07) is 16.3. The Labute approximate surface area is 254 Å². The summed E-state index contributed by atoms with van der Waals surface area (Å²) in [7, 11) is -3.77. The van der Waals surface area contributed by atoms with Crippen LogP contribution in [0.5, 0.6) is 0 Å². The number of aromatic nitrogens is 1. The summed E-state index contributed by atoms with van der Waals surface area (Å²) in [4.78, 5) is 14.2. The molecule has 0 aliphatic rings. The molecule has 1 amide bonds. The topological polar surface area (TPSA) is 119 Å². The SMILES string of the molecule is Cl.NS(=O)(=O)c1ccc(-c2c(-c3ccccc3)noc2CCCCCCCN(CCS)CC(=O)NCCS)cc1. The van der Waals surface area contributed by atoms with Crippen molar-refractivity contribution in [3.8, 4) is 22.4 Å². The monoisotopic (exact) mass is 626 g/mol. The maximum absolute atomic E-state index is 12.0. The van der Waals surface area contributed by atoms with Gasteiger partial charge in [0.1, 0.15) is 11.5 Å². The fourth-order valence-electron chi connectivity index (χ4n) is 4.41. The van der Waals surface area contributed by atoms with Crippen LogP contribution in [-0.2, 0) is 21.2 Å². The first-order chi connectivity index (χ1) is 18.8. The first-order valence-corrected chi connectivity index (χ1v) is 16.0. The Bertz CT molecular complexity index is 1270. The molecule has 0 fully saturated rings. The van der Waals surface area contributed by atoms with Gasteiger partial charge in [-0.15, -0.1) is 12.4 Å². The molecule has 0 spiro atoms. The van der Waals surface area contributed by atoms with E-state index < -0.39 is 10.0 Å². The normalized spacial score (nSPS) is 11.4. The number of nitrogens with one attached hydrogen (secondary N) is 1. The highest BCUT2D eigenvalue weighted by Crippen LogP contribution is 2.35. The second kappa shape index (κ2) is 17.7. The molecule has 3 rings (SSSR count). The second-order valence-corrected chi connectivity index (χ2v) is 11.8. The van der Waals surface area contributed by atoms with Crippen molar-refractivity contribution in [2.45, 2.75) is 43.4 Å². The van der Waals surface area contributed by atoms with E-state index in [1.807, 2.05) is 30.3 Å². The number of benzene rings is 2. The smallest absolute Gasteiger partial charge is 0.238 e. The van der Waals surface area contributed by atoms with Crippen molar-refractivity contribution in [2.75, 3.05) is 37.7 Å². The van der Waals surface area contributed by atoms with Crippen molar-refractivity contribution >= 4 is 53.6 Å². The third kappa shape index (κ3) is 10.8. The second-order valence-electron chi connectivity index (χ2n) is 9.36. The van der Waals surface area contributed by atoms with E-state index in [-0.39, 0.29) is 23.2 Å². The number of aryl methyl sites for hydroxylation is 1. The van der Waals surface area contributed by atoms with E-state index in [0.29, 0.717) is 18.8 Å². The number of thiol groups is 2. The summed E-state index contributed by atoms with van der Waals surface area (Å²) in [6.07, 6.45) is 5.89. The average Bonchev–Trinajstić information content (AvgIpc) is 3.35. The quantitative estimate of drug-likeness (QED) is 0.126. The summed E-state index contributed by atoms with van der Waals surface area (Å²) in [5.41, 5.74) is 3.38. The Morgan fingerprint density at radius 2 is 1.57 bits per heavy atom. The number of unbranched alkanes of at least 4 members (excludes halogenated alkanes) is 4. The van der Waals surface area contributed by atoms with Crippen molar-refractivity contribution < 1.29 is 17.7 Å². The number of rotatable bonds is 17. The van der Waals surface area contributed by atoms with Gasteiger partial charge in [-0.1, -0.05) is 66.9 Å². The van der Waals surface area contributed by atoms with Gasteiger partial charge in [0.25, 0.3) is 0 Å². The highest BCUT2D eigenvalue weighted by atomic mass is 35.5. The van der Waals surface area contributed by atoms with Crippen molar-refractivity contribution in [1.29, 1.82) is 0 Å².